The Morgan fingerprint density at radius 3 is 2.03 bits per heavy atom. The Kier molecular flexibility index (Phi) is 5.87. The van der Waals surface area contributed by atoms with Gasteiger partial charge < -0.3 is 0 Å². The fourth-order valence-corrected chi connectivity index (χ4v) is 4.40. The van der Waals surface area contributed by atoms with Gasteiger partial charge in [-0.1, -0.05) is 53.0 Å². The molecule has 154 valence electrons. The van der Waals surface area contributed by atoms with Crippen LogP contribution >= 0.6 is 34.8 Å². The minimum absolute atomic E-state index is 0.0538. The first-order valence-corrected chi connectivity index (χ1v) is 10.5. The average Bonchev–Trinajstić information content (AvgIpc) is 2.98. The van der Waals surface area contributed by atoms with E-state index in [0.717, 1.165) is 5.01 Å². The summed E-state index contributed by atoms with van der Waals surface area (Å²) in [6.45, 7) is -0.0538. The zero-order valence-corrected chi connectivity index (χ0v) is 18.0. The molecule has 0 N–H and O–H groups in total. The number of hydrogen-bond acceptors (Lipinski definition) is 3. The van der Waals surface area contributed by atoms with Crippen molar-refractivity contribution < 1.29 is 14.4 Å². The quantitative estimate of drug-likeness (QED) is 0.465. The number of imide groups is 1. The van der Waals surface area contributed by atoms with Gasteiger partial charge in [0.05, 0.1) is 18.4 Å². The summed E-state index contributed by atoms with van der Waals surface area (Å²) in [6.07, 6.45) is 4.77. The lowest BCUT2D eigenvalue weighted by atomic mass is 9.85. The third-order valence-electron chi connectivity index (χ3n) is 5.39. The maximum Gasteiger partial charge on any atom is 0.273 e. The Labute approximate surface area is 188 Å². The highest BCUT2D eigenvalue weighted by atomic mass is 35.5. The fraction of sp³-hybridized carbons (Fsp3) is 0.227. The van der Waals surface area contributed by atoms with E-state index >= 15 is 0 Å². The van der Waals surface area contributed by atoms with Crippen LogP contribution in [-0.2, 0) is 16.1 Å². The topological polar surface area (TPSA) is 57.7 Å². The van der Waals surface area contributed by atoms with E-state index in [-0.39, 0.29) is 18.4 Å². The van der Waals surface area contributed by atoms with Crippen LogP contribution < -0.4 is 0 Å². The summed E-state index contributed by atoms with van der Waals surface area (Å²) in [5.74, 6) is -2.15. The van der Waals surface area contributed by atoms with Crippen LogP contribution in [0, 0.1) is 11.8 Å². The van der Waals surface area contributed by atoms with Crippen molar-refractivity contribution in [2.75, 3.05) is 0 Å². The summed E-state index contributed by atoms with van der Waals surface area (Å²) < 4.78 is 0. The van der Waals surface area contributed by atoms with E-state index in [1.165, 1.54) is 5.01 Å². The van der Waals surface area contributed by atoms with E-state index in [1.54, 1.807) is 42.5 Å². The number of halogens is 3. The van der Waals surface area contributed by atoms with E-state index in [0.29, 0.717) is 39.0 Å². The first-order chi connectivity index (χ1) is 14.4. The van der Waals surface area contributed by atoms with Crippen molar-refractivity contribution in [3.8, 4) is 0 Å². The van der Waals surface area contributed by atoms with E-state index < -0.39 is 17.7 Å². The summed E-state index contributed by atoms with van der Waals surface area (Å²) in [4.78, 5) is 39.6. The minimum atomic E-state index is -0.494. The van der Waals surface area contributed by atoms with Crippen molar-refractivity contribution in [2.45, 2.75) is 19.4 Å². The molecule has 8 heteroatoms. The van der Waals surface area contributed by atoms with Crippen molar-refractivity contribution in [3.05, 3.63) is 80.8 Å². The lowest BCUT2D eigenvalue weighted by molar-refractivity contribution is -0.155. The molecule has 3 amide bonds. The second-order valence-electron chi connectivity index (χ2n) is 7.25. The van der Waals surface area contributed by atoms with Crippen molar-refractivity contribution in [2.24, 2.45) is 11.8 Å². The molecule has 2 aromatic rings. The number of nitrogens with zero attached hydrogens (tertiary/aromatic N) is 2. The lowest BCUT2D eigenvalue weighted by Crippen LogP contribution is -2.49. The second-order valence-corrected chi connectivity index (χ2v) is 8.53. The molecule has 5 nitrogen and oxygen atoms in total. The molecule has 1 saturated heterocycles. The fourth-order valence-electron chi connectivity index (χ4n) is 3.81. The molecule has 1 heterocycles. The molecule has 4 rings (SSSR count). The molecule has 0 spiro atoms. The van der Waals surface area contributed by atoms with Crippen LogP contribution in [0.15, 0.2) is 54.6 Å². The molecule has 2 aromatic carbocycles. The van der Waals surface area contributed by atoms with Crippen LogP contribution in [0.25, 0.3) is 0 Å². The maximum absolute atomic E-state index is 13.4. The highest BCUT2D eigenvalue weighted by molar-refractivity contribution is 6.35. The van der Waals surface area contributed by atoms with Gasteiger partial charge in [0.2, 0.25) is 0 Å². The summed E-state index contributed by atoms with van der Waals surface area (Å²) >= 11 is 18.2. The first-order valence-electron chi connectivity index (χ1n) is 9.41. The highest BCUT2D eigenvalue weighted by Crippen LogP contribution is 2.37. The first kappa shape index (κ1) is 20.9. The van der Waals surface area contributed by atoms with Gasteiger partial charge in [-0.2, -0.15) is 5.01 Å². The number of rotatable bonds is 4. The van der Waals surface area contributed by atoms with E-state index in [9.17, 15) is 14.4 Å². The van der Waals surface area contributed by atoms with Crippen molar-refractivity contribution in [3.63, 3.8) is 0 Å². The number of fused-ring (bicyclic) bond motifs is 1. The van der Waals surface area contributed by atoms with Crippen LogP contribution in [0.1, 0.15) is 28.8 Å². The predicted octanol–water partition coefficient (Wildman–Crippen LogP) is 5.16. The smallest absolute Gasteiger partial charge is 0.272 e. The number of allylic oxidation sites excluding steroid dienone is 2. The molecule has 0 saturated carbocycles. The molecule has 0 aromatic heterocycles. The SMILES string of the molecule is O=C(c1ccc(Cl)cc1)N(Cc1ccc(Cl)cc1Cl)N1C(=O)[C@H]2CC=CC[C@@H]2C1=O. The normalized spacial score (nSPS) is 20.4. The Balaban J connectivity index is 1.73. The van der Waals surface area contributed by atoms with Crippen LogP contribution in [-0.4, -0.2) is 27.7 Å². The van der Waals surface area contributed by atoms with Crippen LogP contribution in [0.3, 0.4) is 0 Å². The molecule has 1 aliphatic carbocycles. The van der Waals surface area contributed by atoms with E-state index in [1.807, 2.05) is 12.2 Å². The minimum Gasteiger partial charge on any atom is -0.272 e. The standard InChI is InChI=1S/C22H17Cl3N2O3/c23-15-8-5-13(6-9-15)20(28)26(12-14-7-10-16(24)11-19(14)25)27-21(29)17-3-1-2-4-18(17)22(27)30/h1-2,5-11,17-18H,3-4,12H2/t17-,18-/m0/s1. The number of carbonyl (C=O) groups is 3. The summed E-state index contributed by atoms with van der Waals surface area (Å²) in [5, 5.41) is 3.43. The Bertz CT molecular complexity index is 1030. The summed E-state index contributed by atoms with van der Waals surface area (Å²) in [5.41, 5.74) is 0.870. The van der Waals surface area contributed by atoms with Crippen LogP contribution in [0.2, 0.25) is 15.1 Å². The molecular weight excluding hydrogens is 447 g/mol. The van der Waals surface area contributed by atoms with E-state index in [2.05, 4.69) is 0 Å². The Morgan fingerprint density at radius 1 is 0.900 bits per heavy atom. The number of hydrazine groups is 1. The predicted molar refractivity (Wildman–Crippen MR) is 115 cm³/mol. The Morgan fingerprint density at radius 2 is 1.47 bits per heavy atom. The highest BCUT2D eigenvalue weighted by Gasteiger charge is 2.50. The Hall–Kier alpha value is -2.34. The molecule has 30 heavy (non-hydrogen) atoms. The molecular formula is C22H17Cl3N2O3. The summed E-state index contributed by atoms with van der Waals surface area (Å²) in [7, 11) is 0. The number of carbonyl (C=O) groups excluding carboxylic acids is 3. The van der Waals surface area contributed by atoms with E-state index in [4.69, 9.17) is 34.8 Å². The van der Waals surface area contributed by atoms with Gasteiger partial charge in [0.25, 0.3) is 17.7 Å². The van der Waals surface area contributed by atoms with Gasteiger partial charge in [0.15, 0.2) is 0 Å². The van der Waals surface area contributed by atoms with Crippen molar-refractivity contribution in [1.82, 2.24) is 10.0 Å². The van der Waals surface area contributed by atoms with Gasteiger partial charge in [0, 0.05) is 20.6 Å². The van der Waals surface area contributed by atoms with Crippen LogP contribution in [0.5, 0.6) is 0 Å². The molecule has 1 fully saturated rings. The summed E-state index contributed by atoms with van der Waals surface area (Å²) in [6, 6.07) is 11.2. The van der Waals surface area contributed by atoms with Crippen molar-refractivity contribution >= 4 is 52.5 Å². The third-order valence-corrected chi connectivity index (χ3v) is 6.23. The second kappa shape index (κ2) is 8.42. The maximum atomic E-state index is 13.4. The molecule has 2 aliphatic rings. The molecule has 0 unspecified atom stereocenters. The average molecular weight is 464 g/mol. The number of benzene rings is 2. The van der Waals surface area contributed by atoms with Crippen molar-refractivity contribution in [1.29, 1.82) is 0 Å². The molecule has 1 aliphatic heterocycles. The third kappa shape index (κ3) is 3.85. The van der Waals surface area contributed by atoms with Gasteiger partial charge in [-0.15, -0.1) is 0 Å². The van der Waals surface area contributed by atoms with Gasteiger partial charge in [-0.25, -0.2) is 5.01 Å². The van der Waals surface area contributed by atoms with Gasteiger partial charge in [-0.05, 0) is 54.8 Å². The zero-order chi connectivity index (χ0) is 21.4. The zero-order valence-electron chi connectivity index (χ0n) is 15.7. The molecule has 2 atom stereocenters. The largest absolute Gasteiger partial charge is 0.273 e. The molecule has 0 bridgehead atoms. The van der Waals surface area contributed by atoms with Gasteiger partial charge in [-0.3, -0.25) is 14.4 Å². The lowest BCUT2D eigenvalue weighted by Gasteiger charge is -2.31. The van der Waals surface area contributed by atoms with Gasteiger partial charge >= 0.3 is 0 Å². The number of amides is 3. The van der Waals surface area contributed by atoms with Gasteiger partial charge in [0.1, 0.15) is 0 Å². The number of hydrogen-bond donors (Lipinski definition) is 0. The monoisotopic (exact) mass is 462 g/mol. The molecule has 0 radical (unpaired) electrons. The van der Waals surface area contributed by atoms with Crippen LogP contribution in [0.4, 0.5) is 0 Å².